The normalized spacial score (nSPS) is 11.5. The van der Waals surface area contributed by atoms with Crippen LogP contribution in [0.3, 0.4) is 0 Å². The van der Waals surface area contributed by atoms with Crippen molar-refractivity contribution in [1.82, 2.24) is 4.57 Å². The Morgan fingerprint density at radius 1 is 0.412 bits per heavy atom. The van der Waals surface area contributed by atoms with Gasteiger partial charge in [-0.2, -0.15) is 0 Å². The van der Waals surface area contributed by atoms with Crippen LogP contribution in [0.2, 0.25) is 0 Å². The van der Waals surface area contributed by atoms with E-state index in [2.05, 4.69) is 198 Å². The van der Waals surface area contributed by atoms with Crippen LogP contribution in [-0.2, 0) is 0 Å². The van der Waals surface area contributed by atoms with Crippen LogP contribution in [0.1, 0.15) is 0 Å². The average Bonchev–Trinajstić information content (AvgIpc) is 3.76. The monoisotopic (exact) mass is 652 g/mol. The second-order valence-electron chi connectivity index (χ2n) is 12.9. The number of anilines is 3. The first kappa shape index (κ1) is 29.1. The molecule has 0 saturated heterocycles. The average molecular weight is 653 g/mol. The number of aromatic nitrogens is 1. The fourth-order valence-electron chi connectivity index (χ4n) is 7.66. The van der Waals surface area contributed by atoms with Crippen molar-refractivity contribution in [2.75, 3.05) is 4.90 Å². The fourth-order valence-corrected chi connectivity index (χ4v) is 7.66. The zero-order valence-electron chi connectivity index (χ0n) is 27.8. The molecular formula is C48H32N2O. The second kappa shape index (κ2) is 11.9. The molecule has 0 aliphatic heterocycles. The molecule has 0 saturated carbocycles. The van der Waals surface area contributed by atoms with E-state index in [0.717, 1.165) is 61.3 Å². The van der Waals surface area contributed by atoms with Gasteiger partial charge in [-0.05, 0) is 83.4 Å². The summed E-state index contributed by atoms with van der Waals surface area (Å²) in [5, 5.41) is 4.64. The van der Waals surface area contributed by atoms with Gasteiger partial charge in [-0.15, -0.1) is 0 Å². The first-order valence-electron chi connectivity index (χ1n) is 17.4. The van der Waals surface area contributed by atoms with Crippen molar-refractivity contribution in [1.29, 1.82) is 0 Å². The van der Waals surface area contributed by atoms with Gasteiger partial charge in [0.2, 0.25) is 0 Å². The Bertz CT molecular complexity index is 2830. The Hall–Kier alpha value is -6.84. The Morgan fingerprint density at radius 3 is 1.78 bits per heavy atom. The highest BCUT2D eigenvalue weighted by atomic mass is 16.3. The molecule has 2 heterocycles. The highest BCUT2D eigenvalue weighted by Crippen LogP contribution is 2.47. The summed E-state index contributed by atoms with van der Waals surface area (Å²) in [6.07, 6.45) is 0. The van der Waals surface area contributed by atoms with Crippen molar-refractivity contribution < 1.29 is 4.42 Å². The molecule has 3 nitrogen and oxygen atoms in total. The highest BCUT2D eigenvalue weighted by molar-refractivity contribution is 6.18. The molecule has 0 aliphatic carbocycles. The SMILES string of the molecule is c1ccc(-c2ccc(N(c3ccccc3)c3ccc(-c4ccc5c6ccccc6n(-c6ccccc6)c5c4)c4oc5ccccc5c34)cc2)cc1. The maximum atomic E-state index is 6.83. The fraction of sp³-hybridized carbons (Fsp3) is 0. The first-order chi connectivity index (χ1) is 25.3. The molecule has 0 amide bonds. The van der Waals surface area contributed by atoms with Crippen molar-refractivity contribution in [2.45, 2.75) is 0 Å². The lowest BCUT2D eigenvalue weighted by atomic mass is 9.98. The van der Waals surface area contributed by atoms with Gasteiger partial charge in [-0.1, -0.05) is 127 Å². The van der Waals surface area contributed by atoms with Gasteiger partial charge in [0.15, 0.2) is 0 Å². The van der Waals surface area contributed by atoms with Gasteiger partial charge in [0.1, 0.15) is 11.2 Å². The van der Waals surface area contributed by atoms with Gasteiger partial charge < -0.3 is 13.9 Å². The lowest BCUT2D eigenvalue weighted by molar-refractivity contribution is 0.670. The summed E-state index contributed by atoms with van der Waals surface area (Å²) < 4.78 is 9.20. The number of benzene rings is 8. The van der Waals surface area contributed by atoms with Crippen LogP contribution in [0.4, 0.5) is 17.1 Å². The number of hydrogen-bond donors (Lipinski definition) is 0. The predicted octanol–water partition coefficient (Wildman–Crippen LogP) is 13.5. The lowest BCUT2D eigenvalue weighted by Gasteiger charge is -2.27. The summed E-state index contributed by atoms with van der Waals surface area (Å²) in [7, 11) is 0. The van der Waals surface area contributed by atoms with Gasteiger partial charge >= 0.3 is 0 Å². The Kier molecular flexibility index (Phi) is 6.81. The minimum absolute atomic E-state index is 0.869. The topological polar surface area (TPSA) is 21.3 Å². The zero-order valence-corrected chi connectivity index (χ0v) is 27.8. The number of furan rings is 1. The molecule has 0 bridgehead atoms. The Labute approximate surface area is 295 Å². The highest BCUT2D eigenvalue weighted by Gasteiger charge is 2.23. The van der Waals surface area contributed by atoms with Gasteiger partial charge in [0.05, 0.1) is 22.1 Å². The molecule has 2 aromatic heterocycles. The van der Waals surface area contributed by atoms with Gasteiger partial charge in [-0.25, -0.2) is 0 Å². The molecule has 10 rings (SSSR count). The van der Waals surface area contributed by atoms with E-state index in [-0.39, 0.29) is 0 Å². The first-order valence-corrected chi connectivity index (χ1v) is 17.4. The van der Waals surface area contributed by atoms with E-state index in [1.165, 1.54) is 27.4 Å². The number of hydrogen-bond acceptors (Lipinski definition) is 2. The van der Waals surface area contributed by atoms with Crippen LogP contribution >= 0.6 is 0 Å². The van der Waals surface area contributed by atoms with Gasteiger partial charge in [-0.3, -0.25) is 0 Å². The lowest BCUT2D eigenvalue weighted by Crippen LogP contribution is -2.10. The van der Waals surface area contributed by atoms with E-state index in [0.29, 0.717) is 0 Å². The largest absolute Gasteiger partial charge is 0.455 e. The molecule has 0 N–H and O–H groups in total. The quantitative estimate of drug-likeness (QED) is 0.178. The summed E-state index contributed by atoms with van der Waals surface area (Å²) in [5.74, 6) is 0. The van der Waals surface area contributed by atoms with E-state index in [1.807, 2.05) is 6.07 Å². The molecule has 8 aromatic carbocycles. The molecular weight excluding hydrogens is 621 g/mol. The molecule has 240 valence electrons. The second-order valence-corrected chi connectivity index (χ2v) is 12.9. The smallest absolute Gasteiger partial charge is 0.145 e. The summed E-state index contributed by atoms with van der Waals surface area (Å²) >= 11 is 0. The molecule has 0 aliphatic rings. The minimum Gasteiger partial charge on any atom is -0.455 e. The van der Waals surface area contributed by atoms with Gasteiger partial charge in [0, 0.05) is 38.8 Å². The minimum atomic E-state index is 0.869. The maximum absolute atomic E-state index is 6.83. The van der Waals surface area contributed by atoms with E-state index in [1.54, 1.807) is 0 Å². The van der Waals surface area contributed by atoms with Crippen molar-refractivity contribution in [3.63, 3.8) is 0 Å². The molecule has 10 aromatic rings. The summed E-state index contributed by atoms with van der Waals surface area (Å²) in [5.41, 5.74) is 13.0. The molecule has 3 heteroatoms. The van der Waals surface area contributed by atoms with Crippen LogP contribution in [0.15, 0.2) is 199 Å². The third-order valence-corrected chi connectivity index (χ3v) is 9.99. The van der Waals surface area contributed by atoms with Crippen LogP contribution in [-0.4, -0.2) is 4.57 Å². The number of para-hydroxylation sites is 4. The number of nitrogens with zero attached hydrogens (tertiary/aromatic N) is 2. The van der Waals surface area contributed by atoms with Crippen LogP contribution in [0.5, 0.6) is 0 Å². The van der Waals surface area contributed by atoms with Crippen LogP contribution in [0, 0.1) is 0 Å². The van der Waals surface area contributed by atoms with E-state index < -0.39 is 0 Å². The van der Waals surface area contributed by atoms with E-state index in [9.17, 15) is 0 Å². The van der Waals surface area contributed by atoms with Gasteiger partial charge in [0.25, 0.3) is 0 Å². The molecule has 0 spiro atoms. The maximum Gasteiger partial charge on any atom is 0.145 e. The third-order valence-electron chi connectivity index (χ3n) is 9.99. The van der Waals surface area contributed by atoms with E-state index in [4.69, 9.17) is 4.42 Å². The Morgan fingerprint density at radius 2 is 1.00 bits per heavy atom. The van der Waals surface area contributed by atoms with Crippen LogP contribution < -0.4 is 4.90 Å². The van der Waals surface area contributed by atoms with E-state index >= 15 is 0 Å². The molecule has 0 radical (unpaired) electrons. The van der Waals surface area contributed by atoms with Crippen molar-refractivity contribution >= 4 is 60.8 Å². The molecule has 0 atom stereocenters. The molecule has 0 unspecified atom stereocenters. The summed E-state index contributed by atoms with van der Waals surface area (Å²) in [4.78, 5) is 2.35. The standard InChI is InChI=1S/C48H32N2O/c1-4-14-33(15-5-1)34-24-27-38(28-25-34)49(36-16-6-2-7-17-36)44-31-30-39(48-47(44)42-21-11-13-23-46(42)51-48)35-26-29-41-40-20-10-12-22-43(40)50(45(41)32-35)37-18-8-3-9-19-37/h1-32H. The predicted molar refractivity (Wildman–Crippen MR) is 214 cm³/mol. The van der Waals surface area contributed by atoms with Crippen molar-refractivity contribution in [3.8, 4) is 27.9 Å². The summed E-state index contributed by atoms with van der Waals surface area (Å²) in [6, 6.07) is 69.0. The van der Waals surface area contributed by atoms with Crippen molar-refractivity contribution in [3.05, 3.63) is 194 Å². The number of rotatable bonds is 6. The molecule has 51 heavy (non-hydrogen) atoms. The van der Waals surface area contributed by atoms with Crippen molar-refractivity contribution in [2.24, 2.45) is 0 Å². The Balaban J connectivity index is 1.20. The zero-order chi connectivity index (χ0) is 33.7. The number of fused-ring (bicyclic) bond motifs is 6. The molecule has 0 fully saturated rings. The summed E-state index contributed by atoms with van der Waals surface area (Å²) in [6.45, 7) is 0. The third kappa shape index (κ3) is 4.82. The van der Waals surface area contributed by atoms with Crippen LogP contribution in [0.25, 0.3) is 71.7 Å².